The van der Waals surface area contributed by atoms with Gasteiger partial charge in [-0.3, -0.25) is 9.52 Å². The van der Waals surface area contributed by atoms with Gasteiger partial charge in [0.1, 0.15) is 10.7 Å². The molecule has 0 radical (unpaired) electrons. The van der Waals surface area contributed by atoms with E-state index < -0.39 is 32.8 Å². The predicted molar refractivity (Wildman–Crippen MR) is 128 cm³/mol. The minimum atomic E-state index is -4.38. The summed E-state index contributed by atoms with van der Waals surface area (Å²) in [6.07, 6.45) is 1.61. The monoisotopic (exact) mass is 530 g/mol. The first-order chi connectivity index (χ1) is 15.9. The number of carbonyl (C=O) groups is 2. The molecule has 0 bridgehead atoms. The molecule has 3 rings (SSSR count). The molecule has 7 nitrogen and oxygen atoms in total. The molecule has 1 aliphatic rings. The van der Waals surface area contributed by atoms with Gasteiger partial charge in [-0.15, -0.1) is 0 Å². The van der Waals surface area contributed by atoms with Gasteiger partial charge in [-0.25, -0.2) is 17.6 Å². The molecule has 0 spiro atoms. The van der Waals surface area contributed by atoms with Gasteiger partial charge in [0.2, 0.25) is 0 Å². The summed E-state index contributed by atoms with van der Waals surface area (Å²) in [6, 6.07) is 7.24. The van der Waals surface area contributed by atoms with Crippen molar-refractivity contribution in [2.75, 3.05) is 4.72 Å². The Labute approximate surface area is 208 Å². The number of benzene rings is 2. The minimum Gasteiger partial charge on any atom is -0.449 e. The average Bonchev–Trinajstić information content (AvgIpc) is 2.74. The number of nitrogens with zero attached hydrogens (tertiary/aromatic N) is 1. The van der Waals surface area contributed by atoms with Crippen LogP contribution in [0.15, 0.2) is 41.3 Å². The van der Waals surface area contributed by atoms with Crippen LogP contribution in [-0.2, 0) is 19.6 Å². The SMILES string of the molecule is CC(OC(=O)c1cc(S(=O)(=O)Nc2ccccc2F)c(Cl)cc1Cl)C(=O)N1C(C)CCCC1C. The third-order valence-electron chi connectivity index (χ3n) is 5.73. The molecule has 184 valence electrons. The molecule has 0 aromatic heterocycles. The van der Waals surface area contributed by atoms with Crippen LogP contribution in [0.5, 0.6) is 0 Å². The second-order valence-corrected chi connectivity index (χ2v) is 10.7. The molecule has 0 aliphatic carbocycles. The molecule has 2 aromatic carbocycles. The molecule has 1 fully saturated rings. The fraction of sp³-hybridized carbons (Fsp3) is 0.391. The van der Waals surface area contributed by atoms with Crippen molar-refractivity contribution >= 4 is 50.8 Å². The van der Waals surface area contributed by atoms with Crippen LogP contribution in [0.4, 0.5) is 10.1 Å². The Morgan fingerprint density at radius 2 is 1.74 bits per heavy atom. The first-order valence-electron chi connectivity index (χ1n) is 10.7. The van der Waals surface area contributed by atoms with Crippen molar-refractivity contribution in [3.8, 4) is 0 Å². The number of piperidine rings is 1. The number of para-hydroxylation sites is 1. The van der Waals surface area contributed by atoms with Crippen molar-refractivity contribution in [1.82, 2.24) is 4.90 Å². The Kier molecular flexibility index (Phi) is 8.10. The Bertz CT molecular complexity index is 1200. The zero-order valence-corrected chi connectivity index (χ0v) is 21.2. The highest BCUT2D eigenvalue weighted by molar-refractivity contribution is 7.92. The summed E-state index contributed by atoms with van der Waals surface area (Å²) in [5, 5.41) is -0.426. The van der Waals surface area contributed by atoms with Crippen LogP contribution >= 0.6 is 23.2 Å². The van der Waals surface area contributed by atoms with Crippen LogP contribution in [-0.4, -0.2) is 43.4 Å². The molecule has 1 N–H and O–H groups in total. The van der Waals surface area contributed by atoms with E-state index in [1.165, 1.54) is 25.1 Å². The average molecular weight is 531 g/mol. The molecule has 11 heteroatoms. The zero-order chi connectivity index (χ0) is 25.2. The predicted octanol–water partition coefficient (Wildman–Crippen LogP) is 5.27. The summed E-state index contributed by atoms with van der Waals surface area (Å²) in [5.74, 6) is -2.11. The van der Waals surface area contributed by atoms with Crippen LogP contribution in [0.2, 0.25) is 10.0 Å². The molecule has 1 amide bonds. The second kappa shape index (κ2) is 10.5. The molecule has 0 saturated carbocycles. The number of sulfonamides is 1. The number of carbonyl (C=O) groups excluding carboxylic acids is 2. The lowest BCUT2D eigenvalue weighted by Crippen LogP contribution is -2.51. The lowest BCUT2D eigenvalue weighted by molar-refractivity contribution is -0.146. The number of esters is 1. The number of hydrogen-bond donors (Lipinski definition) is 1. The maximum atomic E-state index is 13.9. The normalized spacial score (nSPS) is 19.4. The smallest absolute Gasteiger partial charge is 0.340 e. The largest absolute Gasteiger partial charge is 0.449 e. The van der Waals surface area contributed by atoms with E-state index in [0.29, 0.717) is 0 Å². The van der Waals surface area contributed by atoms with E-state index >= 15 is 0 Å². The summed E-state index contributed by atoms with van der Waals surface area (Å²) in [5.41, 5.74) is -0.582. The molecular formula is C23H25Cl2FN2O5S. The van der Waals surface area contributed by atoms with Crippen LogP contribution in [0, 0.1) is 5.82 Å². The van der Waals surface area contributed by atoms with E-state index in [1.54, 1.807) is 4.90 Å². The van der Waals surface area contributed by atoms with Gasteiger partial charge < -0.3 is 9.64 Å². The third-order valence-corrected chi connectivity index (χ3v) is 7.87. The van der Waals surface area contributed by atoms with Crippen LogP contribution in [0.1, 0.15) is 50.4 Å². The highest BCUT2D eigenvalue weighted by atomic mass is 35.5. The van der Waals surface area contributed by atoms with E-state index in [-0.39, 0.29) is 39.3 Å². The topological polar surface area (TPSA) is 92.8 Å². The maximum Gasteiger partial charge on any atom is 0.340 e. The Morgan fingerprint density at radius 1 is 1.12 bits per heavy atom. The van der Waals surface area contributed by atoms with E-state index in [2.05, 4.69) is 4.72 Å². The number of anilines is 1. The lowest BCUT2D eigenvalue weighted by Gasteiger charge is -2.40. The van der Waals surface area contributed by atoms with Gasteiger partial charge in [-0.2, -0.15) is 0 Å². The molecule has 2 aromatic rings. The van der Waals surface area contributed by atoms with E-state index in [0.717, 1.165) is 37.5 Å². The lowest BCUT2D eigenvalue weighted by atomic mass is 9.97. The molecule has 3 atom stereocenters. The number of likely N-dealkylation sites (tertiary alicyclic amines) is 1. The fourth-order valence-electron chi connectivity index (χ4n) is 3.98. The molecule has 1 aliphatic heterocycles. The van der Waals surface area contributed by atoms with Crippen molar-refractivity contribution in [1.29, 1.82) is 0 Å². The number of hydrogen-bond acceptors (Lipinski definition) is 5. The van der Waals surface area contributed by atoms with E-state index in [9.17, 15) is 22.4 Å². The Morgan fingerprint density at radius 3 is 2.35 bits per heavy atom. The van der Waals surface area contributed by atoms with Gasteiger partial charge in [0.15, 0.2) is 6.10 Å². The number of amides is 1. The van der Waals surface area contributed by atoms with Crippen molar-refractivity contribution in [2.24, 2.45) is 0 Å². The van der Waals surface area contributed by atoms with Crippen molar-refractivity contribution in [3.63, 3.8) is 0 Å². The van der Waals surface area contributed by atoms with Gasteiger partial charge in [0, 0.05) is 12.1 Å². The van der Waals surface area contributed by atoms with Gasteiger partial charge in [-0.05, 0) is 64.3 Å². The van der Waals surface area contributed by atoms with Gasteiger partial charge in [-0.1, -0.05) is 35.3 Å². The van der Waals surface area contributed by atoms with Gasteiger partial charge in [0.25, 0.3) is 15.9 Å². The van der Waals surface area contributed by atoms with Crippen molar-refractivity contribution < 1.29 is 27.1 Å². The molecular weight excluding hydrogens is 506 g/mol. The number of nitrogens with one attached hydrogen (secondary N) is 1. The summed E-state index contributed by atoms with van der Waals surface area (Å²) >= 11 is 12.2. The first kappa shape index (κ1) is 26.2. The van der Waals surface area contributed by atoms with Crippen LogP contribution in [0.25, 0.3) is 0 Å². The molecule has 34 heavy (non-hydrogen) atoms. The number of halogens is 3. The maximum absolute atomic E-state index is 13.9. The van der Waals surface area contributed by atoms with E-state index in [4.69, 9.17) is 27.9 Å². The number of rotatable bonds is 6. The van der Waals surface area contributed by atoms with Crippen LogP contribution in [0.3, 0.4) is 0 Å². The summed E-state index contributed by atoms with van der Waals surface area (Å²) in [4.78, 5) is 27.0. The summed E-state index contributed by atoms with van der Waals surface area (Å²) < 4.78 is 47.1. The minimum absolute atomic E-state index is 0.0118. The Hall–Kier alpha value is -2.36. The standard InChI is InChI=1S/C23H25Cl2FN2O5S/c1-13-7-6-8-14(2)28(13)22(29)15(3)33-23(30)16-11-21(18(25)12-17(16)24)34(31,32)27-20-10-5-4-9-19(20)26/h4-5,9-15,27H,6-8H2,1-3H3. The zero-order valence-electron chi connectivity index (χ0n) is 18.8. The first-order valence-corrected chi connectivity index (χ1v) is 13.0. The highest BCUT2D eigenvalue weighted by Gasteiger charge is 2.34. The van der Waals surface area contributed by atoms with Crippen molar-refractivity contribution in [3.05, 3.63) is 57.8 Å². The van der Waals surface area contributed by atoms with E-state index in [1.807, 2.05) is 13.8 Å². The van der Waals surface area contributed by atoms with Crippen molar-refractivity contribution in [2.45, 2.75) is 63.1 Å². The quantitative estimate of drug-likeness (QED) is 0.513. The molecule has 3 unspecified atom stereocenters. The second-order valence-electron chi connectivity index (χ2n) is 8.27. The Balaban J connectivity index is 1.84. The summed E-state index contributed by atoms with van der Waals surface area (Å²) in [6.45, 7) is 5.34. The summed E-state index contributed by atoms with van der Waals surface area (Å²) in [7, 11) is -4.38. The molecule has 1 saturated heterocycles. The third kappa shape index (κ3) is 5.64. The molecule has 1 heterocycles. The van der Waals surface area contributed by atoms with Gasteiger partial charge >= 0.3 is 5.97 Å². The fourth-order valence-corrected chi connectivity index (χ4v) is 5.89. The van der Waals surface area contributed by atoms with Gasteiger partial charge in [0.05, 0.1) is 21.3 Å². The highest BCUT2D eigenvalue weighted by Crippen LogP contribution is 2.31. The number of ether oxygens (including phenoxy) is 1. The van der Waals surface area contributed by atoms with Crippen LogP contribution < -0.4 is 4.72 Å².